The molecule has 156 valence electrons. The average molecular weight is 422 g/mol. The van der Waals surface area contributed by atoms with Crippen molar-refractivity contribution in [3.63, 3.8) is 0 Å². The molecule has 0 bridgehead atoms. The van der Waals surface area contributed by atoms with Gasteiger partial charge in [-0.25, -0.2) is 4.39 Å². The highest BCUT2D eigenvalue weighted by molar-refractivity contribution is 6.33. The summed E-state index contributed by atoms with van der Waals surface area (Å²) in [7, 11) is 0. The first kappa shape index (κ1) is 21.5. The zero-order valence-corrected chi connectivity index (χ0v) is 16.8. The molecule has 8 heteroatoms. The molecule has 1 aliphatic heterocycles. The number of β-amino-alcohol motifs (C(OH)–C–C–N with tert-alkyl or cyclic N) is 1. The Morgan fingerprint density at radius 2 is 1.76 bits per heavy atom. The van der Waals surface area contributed by atoms with Crippen molar-refractivity contribution in [2.75, 3.05) is 51.2 Å². The highest BCUT2D eigenvalue weighted by atomic mass is 35.5. The van der Waals surface area contributed by atoms with Gasteiger partial charge in [-0.2, -0.15) is 0 Å². The second kappa shape index (κ2) is 10.5. The minimum Gasteiger partial charge on any atom is -0.491 e. The van der Waals surface area contributed by atoms with Crippen LogP contribution in [0.3, 0.4) is 0 Å². The summed E-state index contributed by atoms with van der Waals surface area (Å²) in [6, 6.07) is 12.9. The molecular formula is C21H25ClFN3O3. The summed E-state index contributed by atoms with van der Waals surface area (Å²) in [5.41, 5.74) is 0.613. The Bertz CT molecular complexity index is 798. The monoisotopic (exact) mass is 421 g/mol. The number of anilines is 1. The predicted molar refractivity (Wildman–Crippen MR) is 111 cm³/mol. The third kappa shape index (κ3) is 6.97. The van der Waals surface area contributed by atoms with E-state index in [1.54, 1.807) is 12.1 Å². The summed E-state index contributed by atoms with van der Waals surface area (Å²) in [6.07, 6.45) is -0.643. The number of halogens is 2. The van der Waals surface area contributed by atoms with E-state index in [0.29, 0.717) is 29.5 Å². The largest absolute Gasteiger partial charge is 0.491 e. The minimum atomic E-state index is -0.643. The van der Waals surface area contributed by atoms with Crippen LogP contribution >= 0.6 is 11.6 Å². The number of benzene rings is 2. The van der Waals surface area contributed by atoms with E-state index in [1.807, 2.05) is 12.1 Å². The molecule has 6 nitrogen and oxygen atoms in total. The molecule has 0 aromatic heterocycles. The normalized spacial score (nSPS) is 16.4. The fourth-order valence-electron chi connectivity index (χ4n) is 3.16. The number of rotatable bonds is 8. The standard InChI is InChI=1S/C21H25ClFN3O3/c22-19-3-1-2-4-20(19)24-21(28)14-26-11-9-25(10-12-26)13-17(27)15-29-18-7-5-16(23)6-8-18/h1-8,17,27H,9-15H2,(H,24,28)/t17-/m0/s1. The van der Waals surface area contributed by atoms with Crippen LogP contribution in [0.5, 0.6) is 5.75 Å². The first-order valence-electron chi connectivity index (χ1n) is 9.55. The number of carbonyl (C=O) groups excluding carboxylic acids is 1. The summed E-state index contributed by atoms with van der Waals surface area (Å²) in [5.74, 6) is 0.107. The van der Waals surface area contributed by atoms with Crippen molar-refractivity contribution in [2.45, 2.75) is 6.10 Å². The number of nitrogens with one attached hydrogen (secondary N) is 1. The van der Waals surface area contributed by atoms with E-state index < -0.39 is 6.10 Å². The number of aliphatic hydroxyl groups excluding tert-OH is 1. The average Bonchev–Trinajstić information content (AvgIpc) is 2.71. The summed E-state index contributed by atoms with van der Waals surface area (Å²) in [5, 5.41) is 13.5. The van der Waals surface area contributed by atoms with Crippen LogP contribution in [0, 0.1) is 5.82 Å². The second-order valence-corrected chi connectivity index (χ2v) is 7.43. The summed E-state index contributed by atoms with van der Waals surface area (Å²) in [6.45, 7) is 3.92. The van der Waals surface area contributed by atoms with Crippen LogP contribution in [0.4, 0.5) is 10.1 Å². The molecule has 2 aromatic rings. The van der Waals surface area contributed by atoms with Crippen molar-refractivity contribution in [1.29, 1.82) is 0 Å². The minimum absolute atomic E-state index is 0.0979. The maximum absolute atomic E-state index is 12.9. The van der Waals surface area contributed by atoms with Gasteiger partial charge in [0.2, 0.25) is 5.91 Å². The van der Waals surface area contributed by atoms with Gasteiger partial charge in [0, 0.05) is 32.7 Å². The van der Waals surface area contributed by atoms with Gasteiger partial charge >= 0.3 is 0 Å². The second-order valence-electron chi connectivity index (χ2n) is 7.02. The molecule has 3 rings (SSSR count). The van der Waals surface area contributed by atoms with Gasteiger partial charge < -0.3 is 15.2 Å². The molecule has 1 atom stereocenters. The number of nitrogens with zero attached hydrogens (tertiary/aromatic N) is 2. The van der Waals surface area contributed by atoms with E-state index in [-0.39, 0.29) is 18.3 Å². The number of piperazine rings is 1. The van der Waals surface area contributed by atoms with Crippen LogP contribution in [0.1, 0.15) is 0 Å². The summed E-state index contributed by atoms with van der Waals surface area (Å²) in [4.78, 5) is 16.4. The Kier molecular flexibility index (Phi) is 7.83. The Morgan fingerprint density at radius 3 is 2.45 bits per heavy atom. The number of aliphatic hydroxyl groups is 1. The van der Waals surface area contributed by atoms with Gasteiger partial charge in [0.25, 0.3) is 0 Å². The molecule has 0 radical (unpaired) electrons. The number of ether oxygens (including phenoxy) is 1. The molecule has 1 amide bonds. The molecule has 0 spiro atoms. The first-order chi connectivity index (χ1) is 14.0. The van der Waals surface area contributed by atoms with Crippen LogP contribution in [0.2, 0.25) is 5.02 Å². The molecular weight excluding hydrogens is 397 g/mol. The highest BCUT2D eigenvalue weighted by Crippen LogP contribution is 2.20. The van der Waals surface area contributed by atoms with Crippen LogP contribution in [0.15, 0.2) is 48.5 Å². The smallest absolute Gasteiger partial charge is 0.238 e. The van der Waals surface area contributed by atoms with Gasteiger partial charge in [0.05, 0.1) is 17.3 Å². The van der Waals surface area contributed by atoms with E-state index in [1.165, 1.54) is 24.3 Å². The molecule has 2 aromatic carbocycles. The highest BCUT2D eigenvalue weighted by Gasteiger charge is 2.21. The van der Waals surface area contributed by atoms with Crippen molar-refractivity contribution in [2.24, 2.45) is 0 Å². The number of amides is 1. The quantitative estimate of drug-likeness (QED) is 0.685. The summed E-state index contributed by atoms with van der Waals surface area (Å²) >= 11 is 6.06. The van der Waals surface area contributed by atoms with Gasteiger partial charge in [-0.15, -0.1) is 0 Å². The van der Waals surface area contributed by atoms with Gasteiger partial charge in [-0.3, -0.25) is 14.6 Å². The molecule has 0 unspecified atom stereocenters. The van der Waals surface area contributed by atoms with E-state index in [9.17, 15) is 14.3 Å². The predicted octanol–water partition coefficient (Wildman–Crippen LogP) is 2.48. The maximum Gasteiger partial charge on any atom is 0.238 e. The van der Waals surface area contributed by atoms with E-state index >= 15 is 0 Å². The molecule has 1 saturated heterocycles. The number of carbonyl (C=O) groups is 1. The van der Waals surface area contributed by atoms with Crippen molar-refractivity contribution in [3.8, 4) is 5.75 Å². The first-order valence-corrected chi connectivity index (χ1v) is 9.93. The van der Waals surface area contributed by atoms with E-state index in [2.05, 4.69) is 15.1 Å². The lowest BCUT2D eigenvalue weighted by atomic mass is 10.2. The third-order valence-electron chi connectivity index (χ3n) is 4.71. The number of hydrogen-bond acceptors (Lipinski definition) is 5. The van der Waals surface area contributed by atoms with Gasteiger partial charge in [-0.05, 0) is 36.4 Å². The third-order valence-corrected chi connectivity index (χ3v) is 5.03. The maximum atomic E-state index is 12.9. The topological polar surface area (TPSA) is 65.0 Å². The number of hydrogen-bond donors (Lipinski definition) is 2. The van der Waals surface area contributed by atoms with Crippen molar-refractivity contribution >= 4 is 23.2 Å². The van der Waals surface area contributed by atoms with E-state index in [4.69, 9.17) is 16.3 Å². The number of para-hydroxylation sites is 1. The van der Waals surface area contributed by atoms with Crippen molar-refractivity contribution in [3.05, 3.63) is 59.4 Å². The zero-order chi connectivity index (χ0) is 20.6. The fourth-order valence-corrected chi connectivity index (χ4v) is 3.34. The lowest BCUT2D eigenvalue weighted by Gasteiger charge is -2.35. The van der Waals surface area contributed by atoms with Crippen LogP contribution in [-0.2, 0) is 4.79 Å². The lowest BCUT2D eigenvalue weighted by Crippen LogP contribution is -2.50. The molecule has 0 saturated carbocycles. The summed E-state index contributed by atoms with van der Waals surface area (Å²) < 4.78 is 18.4. The molecule has 1 heterocycles. The molecule has 2 N–H and O–H groups in total. The lowest BCUT2D eigenvalue weighted by molar-refractivity contribution is -0.117. The van der Waals surface area contributed by atoms with Crippen LogP contribution in [-0.4, -0.2) is 72.8 Å². The SMILES string of the molecule is O=C(CN1CCN(C[C@H](O)COc2ccc(F)cc2)CC1)Nc1ccccc1Cl. The Hall–Kier alpha value is -2.19. The van der Waals surface area contributed by atoms with Crippen LogP contribution in [0.25, 0.3) is 0 Å². The molecule has 0 aliphatic carbocycles. The van der Waals surface area contributed by atoms with Crippen molar-refractivity contribution in [1.82, 2.24) is 9.80 Å². The van der Waals surface area contributed by atoms with E-state index in [0.717, 1.165) is 26.2 Å². The fraction of sp³-hybridized carbons (Fsp3) is 0.381. The van der Waals surface area contributed by atoms with Crippen LogP contribution < -0.4 is 10.1 Å². The van der Waals surface area contributed by atoms with Gasteiger partial charge in [-0.1, -0.05) is 23.7 Å². The molecule has 1 aliphatic rings. The Labute approximate surface area is 174 Å². The molecule has 29 heavy (non-hydrogen) atoms. The van der Waals surface area contributed by atoms with Gasteiger partial charge in [0.15, 0.2) is 0 Å². The Balaban J connectivity index is 1.35. The zero-order valence-electron chi connectivity index (χ0n) is 16.1. The molecule has 1 fully saturated rings. The van der Waals surface area contributed by atoms with Crippen molar-refractivity contribution < 1.29 is 19.0 Å². The Morgan fingerprint density at radius 1 is 1.10 bits per heavy atom. The van der Waals surface area contributed by atoms with Gasteiger partial charge in [0.1, 0.15) is 24.3 Å².